The Bertz CT molecular complexity index is 814. The minimum absolute atomic E-state index is 0.0879. The van der Waals surface area contributed by atoms with Gasteiger partial charge in [-0.3, -0.25) is 4.79 Å². The summed E-state index contributed by atoms with van der Waals surface area (Å²) in [6.45, 7) is 9.25. The third-order valence-electron chi connectivity index (χ3n) is 5.24. The lowest BCUT2D eigenvalue weighted by molar-refractivity contribution is -0.137. The van der Waals surface area contributed by atoms with Crippen LogP contribution in [0.2, 0.25) is 0 Å². The van der Waals surface area contributed by atoms with Crippen LogP contribution in [0.3, 0.4) is 0 Å². The SMILES string of the molecule is CCN1CCN(CCCNC(=O)Cc2csc(-c3ccc(C(F)(F)F)cc3)n2)CC1. The van der Waals surface area contributed by atoms with Gasteiger partial charge in [0.05, 0.1) is 17.7 Å². The largest absolute Gasteiger partial charge is 0.416 e. The summed E-state index contributed by atoms with van der Waals surface area (Å²) in [5.74, 6) is -0.0879. The first-order valence-electron chi connectivity index (χ1n) is 10.2. The van der Waals surface area contributed by atoms with E-state index in [1.54, 1.807) is 5.38 Å². The van der Waals surface area contributed by atoms with E-state index in [1.165, 1.54) is 23.5 Å². The predicted molar refractivity (Wildman–Crippen MR) is 112 cm³/mol. The molecule has 164 valence electrons. The quantitative estimate of drug-likeness (QED) is 0.639. The van der Waals surface area contributed by atoms with Crippen molar-refractivity contribution in [3.63, 3.8) is 0 Å². The van der Waals surface area contributed by atoms with Crippen molar-refractivity contribution in [1.29, 1.82) is 0 Å². The number of halogens is 3. The fraction of sp³-hybridized carbons (Fsp3) is 0.524. The summed E-state index contributed by atoms with van der Waals surface area (Å²) in [6.07, 6.45) is -3.27. The van der Waals surface area contributed by atoms with Gasteiger partial charge >= 0.3 is 6.18 Å². The number of benzene rings is 1. The van der Waals surface area contributed by atoms with Crippen molar-refractivity contribution in [3.8, 4) is 10.6 Å². The first kappa shape index (κ1) is 22.7. The van der Waals surface area contributed by atoms with Crippen molar-refractivity contribution in [3.05, 3.63) is 40.9 Å². The number of nitrogens with one attached hydrogen (secondary N) is 1. The molecule has 1 aliphatic rings. The van der Waals surface area contributed by atoms with E-state index in [1.807, 2.05) is 0 Å². The topological polar surface area (TPSA) is 48.5 Å². The van der Waals surface area contributed by atoms with Gasteiger partial charge in [-0.25, -0.2) is 4.98 Å². The van der Waals surface area contributed by atoms with Gasteiger partial charge in [-0.2, -0.15) is 13.2 Å². The highest BCUT2D eigenvalue weighted by Crippen LogP contribution is 2.31. The molecule has 0 aliphatic carbocycles. The van der Waals surface area contributed by atoms with Crippen molar-refractivity contribution in [2.24, 2.45) is 0 Å². The van der Waals surface area contributed by atoms with Gasteiger partial charge in [0.25, 0.3) is 0 Å². The first-order chi connectivity index (χ1) is 14.3. The molecule has 1 amide bonds. The second kappa shape index (κ2) is 10.4. The van der Waals surface area contributed by atoms with Crippen LogP contribution < -0.4 is 5.32 Å². The molecule has 0 bridgehead atoms. The number of piperazine rings is 1. The Labute approximate surface area is 178 Å². The van der Waals surface area contributed by atoms with Gasteiger partial charge < -0.3 is 15.1 Å². The molecule has 3 rings (SSSR count). The molecule has 0 saturated carbocycles. The fourth-order valence-corrected chi connectivity index (χ4v) is 4.23. The lowest BCUT2D eigenvalue weighted by Crippen LogP contribution is -2.46. The molecule has 0 unspecified atom stereocenters. The number of hydrogen-bond donors (Lipinski definition) is 1. The van der Waals surface area contributed by atoms with Crippen molar-refractivity contribution in [2.75, 3.05) is 45.8 Å². The highest BCUT2D eigenvalue weighted by molar-refractivity contribution is 7.13. The number of likely N-dealkylation sites (N-methyl/N-ethyl adjacent to an activating group) is 1. The summed E-state index contributed by atoms with van der Waals surface area (Å²) in [5.41, 5.74) is 0.556. The maximum absolute atomic E-state index is 12.7. The smallest absolute Gasteiger partial charge is 0.356 e. The first-order valence-corrected chi connectivity index (χ1v) is 11.1. The zero-order valence-electron chi connectivity index (χ0n) is 17.0. The van der Waals surface area contributed by atoms with Crippen LogP contribution in [0, 0.1) is 0 Å². The van der Waals surface area contributed by atoms with Crippen LogP contribution in [0.25, 0.3) is 10.6 Å². The summed E-state index contributed by atoms with van der Waals surface area (Å²) in [5, 5.41) is 5.31. The molecule has 1 N–H and O–H groups in total. The van der Waals surface area contributed by atoms with Gasteiger partial charge in [-0.05, 0) is 31.6 Å². The molecule has 1 aromatic carbocycles. The summed E-state index contributed by atoms with van der Waals surface area (Å²) in [6, 6.07) is 4.91. The van der Waals surface area contributed by atoms with Crippen molar-refractivity contribution in [1.82, 2.24) is 20.1 Å². The molecular weight excluding hydrogens is 413 g/mol. The van der Waals surface area contributed by atoms with Crippen LogP contribution in [-0.4, -0.2) is 66.5 Å². The molecule has 1 aromatic heterocycles. The van der Waals surface area contributed by atoms with Crippen LogP contribution in [0.15, 0.2) is 29.6 Å². The second-order valence-electron chi connectivity index (χ2n) is 7.38. The lowest BCUT2D eigenvalue weighted by Gasteiger charge is -2.33. The molecule has 2 heterocycles. The number of alkyl halides is 3. The van der Waals surface area contributed by atoms with Crippen LogP contribution >= 0.6 is 11.3 Å². The number of aromatic nitrogens is 1. The normalized spacial score (nSPS) is 16.0. The average Bonchev–Trinajstić information content (AvgIpc) is 3.19. The minimum atomic E-state index is -4.35. The number of amides is 1. The van der Waals surface area contributed by atoms with Crippen LogP contribution in [0.5, 0.6) is 0 Å². The van der Waals surface area contributed by atoms with E-state index < -0.39 is 11.7 Å². The van der Waals surface area contributed by atoms with Gasteiger partial charge in [0.2, 0.25) is 5.91 Å². The number of carbonyl (C=O) groups excluding carboxylic acids is 1. The molecule has 9 heteroatoms. The molecule has 5 nitrogen and oxygen atoms in total. The number of rotatable bonds is 8. The monoisotopic (exact) mass is 440 g/mol. The van der Waals surface area contributed by atoms with Crippen LogP contribution in [-0.2, 0) is 17.4 Å². The van der Waals surface area contributed by atoms with E-state index in [9.17, 15) is 18.0 Å². The van der Waals surface area contributed by atoms with E-state index in [2.05, 4.69) is 27.0 Å². The fourth-order valence-electron chi connectivity index (χ4n) is 3.41. The Kier molecular flexibility index (Phi) is 7.85. The molecule has 1 fully saturated rings. The van der Waals surface area contributed by atoms with Gasteiger partial charge in [-0.1, -0.05) is 19.1 Å². The number of carbonyl (C=O) groups is 1. The van der Waals surface area contributed by atoms with E-state index in [0.29, 0.717) is 22.8 Å². The zero-order valence-corrected chi connectivity index (χ0v) is 17.9. The Hall–Kier alpha value is -1.97. The van der Waals surface area contributed by atoms with Crippen molar-refractivity contribution in [2.45, 2.75) is 25.9 Å². The Morgan fingerprint density at radius 1 is 1.13 bits per heavy atom. The maximum atomic E-state index is 12.7. The summed E-state index contributed by atoms with van der Waals surface area (Å²) >= 11 is 1.32. The minimum Gasteiger partial charge on any atom is -0.356 e. The third-order valence-corrected chi connectivity index (χ3v) is 6.18. The number of nitrogens with zero attached hydrogens (tertiary/aromatic N) is 3. The van der Waals surface area contributed by atoms with Crippen molar-refractivity contribution < 1.29 is 18.0 Å². The summed E-state index contributed by atoms with van der Waals surface area (Å²) in [7, 11) is 0. The van der Waals surface area contributed by atoms with Gasteiger partial charge in [0.15, 0.2) is 0 Å². The average molecular weight is 441 g/mol. The molecule has 1 aliphatic heterocycles. The molecule has 2 aromatic rings. The lowest BCUT2D eigenvalue weighted by atomic mass is 10.1. The molecule has 1 saturated heterocycles. The molecule has 0 atom stereocenters. The van der Waals surface area contributed by atoms with E-state index in [4.69, 9.17) is 0 Å². The highest BCUT2D eigenvalue weighted by atomic mass is 32.1. The summed E-state index contributed by atoms with van der Waals surface area (Å²) in [4.78, 5) is 21.4. The Morgan fingerprint density at radius 2 is 1.80 bits per heavy atom. The Morgan fingerprint density at radius 3 is 2.43 bits per heavy atom. The molecule has 0 spiro atoms. The predicted octanol–water partition coefficient (Wildman–Crippen LogP) is 3.52. The summed E-state index contributed by atoms with van der Waals surface area (Å²) < 4.78 is 38.0. The molecular formula is C21H27F3N4OS. The number of thiazole rings is 1. The second-order valence-corrected chi connectivity index (χ2v) is 8.23. The molecule has 30 heavy (non-hydrogen) atoms. The van der Waals surface area contributed by atoms with Gasteiger partial charge in [0.1, 0.15) is 5.01 Å². The Balaban J connectivity index is 1.39. The van der Waals surface area contributed by atoms with E-state index in [0.717, 1.165) is 57.8 Å². The van der Waals surface area contributed by atoms with Gasteiger partial charge in [-0.15, -0.1) is 11.3 Å². The standard InChI is InChI=1S/C21H27F3N4OS/c1-2-27-10-12-28(13-11-27)9-3-8-25-19(29)14-18-15-30-20(26-18)16-4-6-17(7-5-16)21(22,23)24/h4-7,15H,2-3,8-14H2,1H3,(H,25,29). The number of hydrogen-bond acceptors (Lipinski definition) is 5. The third kappa shape index (κ3) is 6.52. The zero-order chi connectivity index (χ0) is 21.6. The maximum Gasteiger partial charge on any atom is 0.416 e. The van der Waals surface area contributed by atoms with Crippen LogP contribution in [0.4, 0.5) is 13.2 Å². The van der Waals surface area contributed by atoms with E-state index in [-0.39, 0.29) is 12.3 Å². The highest BCUT2D eigenvalue weighted by Gasteiger charge is 2.30. The van der Waals surface area contributed by atoms with Crippen LogP contribution in [0.1, 0.15) is 24.6 Å². The van der Waals surface area contributed by atoms with Gasteiger partial charge in [0, 0.05) is 43.7 Å². The van der Waals surface area contributed by atoms with E-state index >= 15 is 0 Å². The van der Waals surface area contributed by atoms with Crippen molar-refractivity contribution >= 4 is 17.2 Å². The molecule has 0 radical (unpaired) electrons.